The first kappa shape index (κ1) is 15.7. The lowest BCUT2D eigenvalue weighted by Crippen LogP contribution is -2.14. The molecule has 1 aromatic heterocycles. The van der Waals surface area contributed by atoms with Gasteiger partial charge in [0.2, 0.25) is 0 Å². The lowest BCUT2D eigenvalue weighted by atomic mass is 10.2. The van der Waals surface area contributed by atoms with Crippen LogP contribution in [-0.2, 0) is 0 Å². The highest BCUT2D eigenvalue weighted by atomic mass is 32.1. The third-order valence-electron chi connectivity index (χ3n) is 3.16. The number of hydrogen-bond donors (Lipinski definition) is 1. The minimum Gasteiger partial charge on any atom is -0.379 e. The van der Waals surface area contributed by atoms with Crippen molar-refractivity contribution in [2.75, 3.05) is 32.5 Å². The molecule has 0 saturated carbocycles. The first-order valence-electron chi connectivity index (χ1n) is 6.91. The maximum absolute atomic E-state index is 11.2. The van der Waals surface area contributed by atoms with Gasteiger partial charge in [-0.1, -0.05) is 0 Å². The van der Waals surface area contributed by atoms with Crippen LogP contribution in [0.5, 0.6) is 0 Å². The number of nitrogens with one attached hydrogen (secondary N) is 1. The molecule has 0 fully saturated rings. The number of aryl methyl sites for hydroxylation is 1. The molecular formula is C14H20N4O2S. The Morgan fingerprint density at radius 1 is 1.38 bits per heavy atom. The third-order valence-corrected chi connectivity index (χ3v) is 4.09. The van der Waals surface area contributed by atoms with Crippen molar-refractivity contribution < 1.29 is 4.92 Å². The van der Waals surface area contributed by atoms with E-state index in [0.29, 0.717) is 5.69 Å². The van der Waals surface area contributed by atoms with E-state index in [9.17, 15) is 10.1 Å². The Balaban J connectivity index is 2.09. The predicted molar refractivity (Wildman–Crippen MR) is 87.3 cm³/mol. The number of nitro groups is 1. The maximum atomic E-state index is 11.2. The maximum Gasteiger partial charge on any atom is 0.293 e. The SMILES string of the molecule is Cc1nc2cc(NCCCCN(C)C)c([N+](=O)[O-])cc2s1. The van der Waals surface area contributed by atoms with Crippen molar-refractivity contribution in [2.45, 2.75) is 19.8 Å². The third kappa shape index (κ3) is 4.12. The Morgan fingerprint density at radius 2 is 2.14 bits per heavy atom. The summed E-state index contributed by atoms with van der Waals surface area (Å²) in [6.07, 6.45) is 2.04. The van der Waals surface area contributed by atoms with Gasteiger partial charge in [-0.2, -0.15) is 0 Å². The summed E-state index contributed by atoms with van der Waals surface area (Å²) in [5.74, 6) is 0. The Morgan fingerprint density at radius 3 is 2.81 bits per heavy atom. The molecule has 114 valence electrons. The molecule has 7 heteroatoms. The number of nitrogens with zero attached hydrogens (tertiary/aromatic N) is 3. The van der Waals surface area contributed by atoms with Crippen molar-refractivity contribution in [3.63, 3.8) is 0 Å². The van der Waals surface area contributed by atoms with Crippen LogP contribution in [0.3, 0.4) is 0 Å². The Labute approximate surface area is 127 Å². The van der Waals surface area contributed by atoms with Crippen LogP contribution in [0, 0.1) is 17.0 Å². The van der Waals surface area contributed by atoms with Gasteiger partial charge in [-0.3, -0.25) is 10.1 Å². The summed E-state index contributed by atoms with van der Waals surface area (Å²) >= 11 is 1.48. The molecule has 0 atom stereocenters. The molecule has 0 amide bonds. The second-order valence-corrected chi connectivity index (χ2v) is 6.50. The largest absolute Gasteiger partial charge is 0.379 e. The van der Waals surface area contributed by atoms with Crippen LogP contribution in [0.1, 0.15) is 17.8 Å². The second-order valence-electron chi connectivity index (χ2n) is 5.26. The fraction of sp³-hybridized carbons (Fsp3) is 0.500. The average Bonchev–Trinajstić information content (AvgIpc) is 2.75. The molecule has 2 rings (SSSR count). The van der Waals surface area contributed by atoms with Crippen molar-refractivity contribution in [1.29, 1.82) is 0 Å². The van der Waals surface area contributed by atoms with E-state index in [-0.39, 0.29) is 10.6 Å². The van der Waals surface area contributed by atoms with Gasteiger partial charge in [0.1, 0.15) is 5.69 Å². The number of hydrogen-bond acceptors (Lipinski definition) is 6. The second kappa shape index (κ2) is 6.82. The van der Waals surface area contributed by atoms with Gasteiger partial charge < -0.3 is 10.2 Å². The number of unbranched alkanes of at least 4 members (excludes halogenated alkanes) is 1. The van der Waals surface area contributed by atoms with Crippen LogP contribution < -0.4 is 5.32 Å². The number of aromatic nitrogens is 1. The van der Waals surface area contributed by atoms with E-state index in [1.54, 1.807) is 12.1 Å². The molecule has 0 radical (unpaired) electrons. The highest BCUT2D eigenvalue weighted by Crippen LogP contribution is 2.32. The summed E-state index contributed by atoms with van der Waals surface area (Å²) in [5.41, 5.74) is 1.50. The summed E-state index contributed by atoms with van der Waals surface area (Å²) < 4.78 is 0.859. The van der Waals surface area contributed by atoms with Gasteiger partial charge in [-0.25, -0.2) is 4.98 Å². The number of rotatable bonds is 7. The van der Waals surface area contributed by atoms with Gasteiger partial charge in [-0.15, -0.1) is 11.3 Å². The van der Waals surface area contributed by atoms with E-state index in [4.69, 9.17) is 0 Å². The van der Waals surface area contributed by atoms with Gasteiger partial charge in [0.05, 0.1) is 20.1 Å². The fourth-order valence-corrected chi connectivity index (χ4v) is 2.99. The van der Waals surface area contributed by atoms with Crippen LogP contribution in [0.15, 0.2) is 12.1 Å². The lowest BCUT2D eigenvalue weighted by molar-refractivity contribution is -0.383. The van der Waals surface area contributed by atoms with Crippen LogP contribution in [0.2, 0.25) is 0 Å². The monoisotopic (exact) mass is 308 g/mol. The van der Waals surface area contributed by atoms with E-state index in [0.717, 1.165) is 41.2 Å². The number of thiazole rings is 1. The van der Waals surface area contributed by atoms with Gasteiger partial charge in [-0.05, 0) is 46.5 Å². The molecule has 0 spiro atoms. The summed E-state index contributed by atoms with van der Waals surface area (Å²) in [6, 6.07) is 3.39. The molecule has 0 unspecified atom stereocenters. The van der Waals surface area contributed by atoms with E-state index in [1.165, 1.54) is 11.3 Å². The summed E-state index contributed by atoms with van der Waals surface area (Å²) in [6.45, 7) is 3.66. The van der Waals surface area contributed by atoms with E-state index < -0.39 is 0 Å². The molecule has 6 nitrogen and oxygen atoms in total. The van der Waals surface area contributed by atoms with E-state index >= 15 is 0 Å². The van der Waals surface area contributed by atoms with Gasteiger partial charge in [0.25, 0.3) is 5.69 Å². The highest BCUT2D eigenvalue weighted by Gasteiger charge is 2.16. The number of fused-ring (bicyclic) bond motifs is 1. The first-order chi connectivity index (χ1) is 9.97. The van der Waals surface area contributed by atoms with E-state index in [1.807, 2.05) is 21.0 Å². The minimum atomic E-state index is -0.337. The molecular weight excluding hydrogens is 288 g/mol. The van der Waals surface area contributed by atoms with Crippen LogP contribution in [-0.4, -0.2) is 42.0 Å². The Bertz CT molecular complexity index is 639. The predicted octanol–water partition coefficient (Wildman–Crippen LogP) is 3.27. The van der Waals surface area contributed by atoms with Crippen LogP contribution in [0.4, 0.5) is 11.4 Å². The molecule has 0 saturated heterocycles. The molecule has 1 heterocycles. The topological polar surface area (TPSA) is 71.3 Å². The molecule has 0 aliphatic carbocycles. The number of benzene rings is 1. The molecule has 1 aromatic carbocycles. The quantitative estimate of drug-likeness (QED) is 0.483. The minimum absolute atomic E-state index is 0.124. The normalized spacial score (nSPS) is 11.2. The van der Waals surface area contributed by atoms with Crippen molar-refractivity contribution in [1.82, 2.24) is 9.88 Å². The van der Waals surface area contributed by atoms with Crippen molar-refractivity contribution >= 4 is 32.9 Å². The smallest absolute Gasteiger partial charge is 0.293 e. The average molecular weight is 308 g/mol. The molecule has 1 N–H and O–H groups in total. The fourth-order valence-electron chi connectivity index (χ4n) is 2.15. The number of anilines is 1. The van der Waals surface area contributed by atoms with Crippen LogP contribution in [0.25, 0.3) is 10.2 Å². The van der Waals surface area contributed by atoms with Gasteiger partial charge in [0.15, 0.2) is 0 Å². The van der Waals surface area contributed by atoms with Crippen molar-refractivity contribution in [2.24, 2.45) is 0 Å². The van der Waals surface area contributed by atoms with Crippen molar-refractivity contribution in [3.05, 3.63) is 27.3 Å². The Kier molecular flexibility index (Phi) is 5.08. The van der Waals surface area contributed by atoms with Gasteiger partial charge >= 0.3 is 0 Å². The zero-order valence-electron chi connectivity index (χ0n) is 12.5. The highest BCUT2D eigenvalue weighted by molar-refractivity contribution is 7.18. The molecule has 2 aromatic rings. The Hall–Kier alpha value is -1.73. The summed E-state index contributed by atoms with van der Waals surface area (Å²) in [5, 5.41) is 15.3. The van der Waals surface area contributed by atoms with Crippen molar-refractivity contribution in [3.8, 4) is 0 Å². The summed E-state index contributed by atoms with van der Waals surface area (Å²) in [4.78, 5) is 17.4. The van der Waals surface area contributed by atoms with Crippen LogP contribution >= 0.6 is 11.3 Å². The van der Waals surface area contributed by atoms with E-state index in [2.05, 4.69) is 15.2 Å². The lowest BCUT2D eigenvalue weighted by Gasteiger charge is -2.10. The first-order valence-corrected chi connectivity index (χ1v) is 7.73. The number of nitro benzene ring substituents is 1. The zero-order chi connectivity index (χ0) is 15.4. The standard InChI is InChI=1S/C14H20N4O2S/c1-10-16-12-8-11(15-6-4-5-7-17(2)3)13(18(19)20)9-14(12)21-10/h8-9,15H,4-7H2,1-3H3. The molecule has 21 heavy (non-hydrogen) atoms. The van der Waals surface area contributed by atoms with Gasteiger partial charge in [0, 0.05) is 12.6 Å². The molecule has 0 aliphatic heterocycles. The molecule has 0 aliphatic rings. The summed E-state index contributed by atoms with van der Waals surface area (Å²) in [7, 11) is 4.08. The zero-order valence-corrected chi connectivity index (χ0v) is 13.4. The molecule has 0 bridgehead atoms.